The Morgan fingerprint density at radius 2 is 2.31 bits per heavy atom. The number of halogens is 1. The van der Waals surface area contributed by atoms with Gasteiger partial charge in [-0.15, -0.1) is 0 Å². The molecule has 0 spiro atoms. The summed E-state index contributed by atoms with van der Waals surface area (Å²) >= 11 is 0. The van der Waals surface area contributed by atoms with Crippen molar-refractivity contribution in [1.82, 2.24) is 0 Å². The number of benzene rings is 1. The van der Waals surface area contributed by atoms with Crippen LogP contribution < -0.4 is 5.32 Å². The average molecular weight is 228 g/mol. The molecule has 0 aromatic heterocycles. The number of hydrogen-bond donors (Lipinski definition) is 2. The predicted octanol–water partition coefficient (Wildman–Crippen LogP) is 1.92. The summed E-state index contributed by atoms with van der Waals surface area (Å²) < 4.78 is 12.9. The molecule has 0 fully saturated rings. The van der Waals surface area contributed by atoms with Crippen molar-refractivity contribution in [3.05, 3.63) is 34.1 Å². The number of nitro groups is 1. The Balaban J connectivity index is 2.84. The summed E-state index contributed by atoms with van der Waals surface area (Å²) in [6, 6.07) is 3.16. The number of aliphatic hydroxyl groups is 1. The summed E-state index contributed by atoms with van der Waals surface area (Å²) in [6.07, 6.45) is -0.0845. The van der Waals surface area contributed by atoms with Gasteiger partial charge in [0.15, 0.2) is 0 Å². The quantitative estimate of drug-likeness (QED) is 0.596. The third kappa shape index (κ3) is 3.16. The van der Waals surface area contributed by atoms with Gasteiger partial charge in [-0.2, -0.15) is 0 Å². The molecule has 0 aliphatic carbocycles. The highest BCUT2D eigenvalue weighted by molar-refractivity contribution is 5.61. The Bertz CT molecular complexity index is 384. The van der Waals surface area contributed by atoms with Crippen LogP contribution in [0.3, 0.4) is 0 Å². The van der Waals surface area contributed by atoms with E-state index in [1.807, 2.05) is 0 Å². The van der Waals surface area contributed by atoms with Crippen molar-refractivity contribution in [3.63, 3.8) is 0 Å². The number of nitrogens with one attached hydrogen (secondary N) is 1. The van der Waals surface area contributed by atoms with Crippen LogP contribution in [-0.2, 0) is 0 Å². The van der Waals surface area contributed by atoms with Gasteiger partial charge < -0.3 is 10.4 Å². The second-order valence-corrected chi connectivity index (χ2v) is 3.36. The van der Waals surface area contributed by atoms with Gasteiger partial charge in [0.25, 0.3) is 5.69 Å². The molecule has 1 unspecified atom stereocenters. The molecule has 5 nitrogen and oxygen atoms in total. The molecule has 1 rings (SSSR count). The van der Waals surface area contributed by atoms with Crippen LogP contribution >= 0.6 is 0 Å². The van der Waals surface area contributed by atoms with Crippen LogP contribution in [0.25, 0.3) is 0 Å². The summed E-state index contributed by atoms with van der Waals surface area (Å²) in [6.45, 7) is 1.94. The number of rotatable bonds is 5. The summed E-state index contributed by atoms with van der Waals surface area (Å²) in [4.78, 5) is 10.0. The van der Waals surface area contributed by atoms with Crippen molar-refractivity contribution in [3.8, 4) is 0 Å². The van der Waals surface area contributed by atoms with Gasteiger partial charge in [0.2, 0.25) is 0 Å². The van der Waals surface area contributed by atoms with Crippen LogP contribution in [0.1, 0.15) is 13.3 Å². The molecule has 1 atom stereocenters. The van der Waals surface area contributed by atoms with E-state index in [2.05, 4.69) is 5.32 Å². The van der Waals surface area contributed by atoms with E-state index < -0.39 is 16.8 Å². The molecule has 0 amide bonds. The van der Waals surface area contributed by atoms with Crippen LogP contribution in [-0.4, -0.2) is 22.7 Å². The Morgan fingerprint density at radius 3 is 2.88 bits per heavy atom. The molecule has 88 valence electrons. The van der Waals surface area contributed by atoms with Crippen molar-refractivity contribution < 1.29 is 14.4 Å². The van der Waals surface area contributed by atoms with Gasteiger partial charge >= 0.3 is 0 Å². The maximum Gasteiger partial charge on any atom is 0.292 e. The van der Waals surface area contributed by atoms with Crippen molar-refractivity contribution in [2.24, 2.45) is 0 Å². The van der Waals surface area contributed by atoms with Crippen molar-refractivity contribution in [2.45, 2.75) is 19.4 Å². The van der Waals surface area contributed by atoms with Gasteiger partial charge in [-0.05, 0) is 12.5 Å². The minimum Gasteiger partial charge on any atom is -0.391 e. The maximum atomic E-state index is 12.9. The summed E-state index contributed by atoms with van der Waals surface area (Å²) in [5, 5.41) is 22.6. The Labute approximate surface area is 92.1 Å². The SMILES string of the molecule is CCC(O)CNc1cc(F)ccc1[N+](=O)[O-]. The molecule has 0 radical (unpaired) electrons. The van der Waals surface area contributed by atoms with Gasteiger partial charge in [-0.25, -0.2) is 4.39 Å². The zero-order valence-corrected chi connectivity index (χ0v) is 8.81. The molecule has 0 saturated carbocycles. The second-order valence-electron chi connectivity index (χ2n) is 3.36. The van der Waals surface area contributed by atoms with Crippen LogP contribution in [0.4, 0.5) is 15.8 Å². The number of hydrogen-bond acceptors (Lipinski definition) is 4. The van der Waals surface area contributed by atoms with Gasteiger partial charge in [0, 0.05) is 18.7 Å². The molecular weight excluding hydrogens is 215 g/mol. The largest absolute Gasteiger partial charge is 0.391 e. The van der Waals surface area contributed by atoms with Gasteiger partial charge in [-0.1, -0.05) is 6.92 Å². The van der Waals surface area contributed by atoms with E-state index in [-0.39, 0.29) is 17.9 Å². The minimum absolute atomic E-state index is 0.0810. The average Bonchev–Trinajstić information content (AvgIpc) is 2.25. The van der Waals surface area contributed by atoms with Crippen LogP contribution in [0, 0.1) is 15.9 Å². The molecule has 16 heavy (non-hydrogen) atoms. The monoisotopic (exact) mass is 228 g/mol. The zero-order valence-electron chi connectivity index (χ0n) is 8.81. The molecule has 0 heterocycles. The van der Waals surface area contributed by atoms with Crippen molar-refractivity contribution in [1.29, 1.82) is 0 Å². The van der Waals surface area contributed by atoms with Gasteiger partial charge in [0.05, 0.1) is 11.0 Å². The Kier molecular flexibility index (Phi) is 4.19. The molecule has 0 aliphatic rings. The topological polar surface area (TPSA) is 75.4 Å². The number of nitrogens with zero attached hydrogens (tertiary/aromatic N) is 1. The van der Waals surface area contributed by atoms with Gasteiger partial charge in [-0.3, -0.25) is 10.1 Å². The number of aliphatic hydroxyl groups excluding tert-OH is 1. The van der Waals surface area contributed by atoms with E-state index in [0.717, 1.165) is 18.2 Å². The lowest BCUT2D eigenvalue weighted by Gasteiger charge is -2.10. The normalized spacial score (nSPS) is 12.2. The summed E-state index contributed by atoms with van der Waals surface area (Å²) in [5.41, 5.74) is -0.123. The molecule has 0 aliphatic heterocycles. The van der Waals surface area contributed by atoms with Crippen LogP contribution in [0.5, 0.6) is 0 Å². The first-order chi connectivity index (χ1) is 7.54. The highest BCUT2D eigenvalue weighted by atomic mass is 19.1. The van der Waals surface area contributed by atoms with Crippen molar-refractivity contribution >= 4 is 11.4 Å². The highest BCUT2D eigenvalue weighted by Gasteiger charge is 2.14. The van der Waals surface area contributed by atoms with Crippen LogP contribution in [0.2, 0.25) is 0 Å². The fraction of sp³-hybridized carbons (Fsp3) is 0.400. The Morgan fingerprint density at radius 1 is 1.62 bits per heavy atom. The first-order valence-electron chi connectivity index (χ1n) is 4.90. The third-order valence-corrected chi connectivity index (χ3v) is 2.15. The van der Waals surface area contributed by atoms with E-state index in [1.165, 1.54) is 0 Å². The second kappa shape index (κ2) is 5.41. The van der Waals surface area contributed by atoms with Gasteiger partial charge in [0.1, 0.15) is 11.5 Å². The molecule has 1 aromatic rings. The van der Waals surface area contributed by atoms with Crippen molar-refractivity contribution in [2.75, 3.05) is 11.9 Å². The lowest BCUT2D eigenvalue weighted by molar-refractivity contribution is -0.384. The number of anilines is 1. The fourth-order valence-electron chi connectivity index (χ4n) is 1.18. The molecule has 1 aromatic carbocycles. The van der Waals surface area contributed by atoms with E-state index in [4.69, 9.17) is 0 Å². The molecule has 6 heteroatoms. The lowest BCUT2D eigenvalue weighted by Crippen LogP contribution is -2.18. The molecule has 0 saturated heterocycles. The van der Waals surface area contributed by atoms with Crippen LogP contribution in [0.15, 0.2) is 18.2 Å². The van der Waals surface area contributed by atoms with E-state index in [0.29, 0.717) is 6.42 Å². The molecule has 2 N–H and O–H groups in total. The van der Waals surface area contributed by atoms with E-state index >= 15 is 0 Å². The lowest BCUT2D eigenvalue weighted by atomic mass is 10.2. The summed E-state index contributed by atoms with van der Waals surface area (Å²) in [7, 11) is 0. The molecular formula is C10H13FN2O3. The van der Waals surface area contributed by atoms with E-state index in [9.17, 15) is 19.6 Å². The maximum absolute atomic E-state index is 12.9. The highest BCUT2D eigenvalue weighted by Crippen LogP contribution is 2.24. The number of nitro benzene ring substituents is 1. The first kappa shape index (κ1) is 12.4. The fourth-order valence-corrected chi connectivity index (χ4v) is 1.18. The van der Waals surface area contributed by atoms with E-state index in [1.54, 1.807) is 6.92 Å². The molecule has 0 bridgehead atoms. The third-order valence-electron chi connectivity index (χ3n) is 2.15. The standard InChI is InChI=1S/C10H13FN2O3/c1-2-8(14)6-12-9-5-7(11)3-4-10(9)13(15)16/h3-5,8,12,14H,2,6H2,1H3. The Hall–Kier alpha value is -1.69. The minimum atomic E-state index is -0.608. The predicted molar refractivity (Wildman–Crippen MR) is 57.8 cm³/mol. The zero-order chi connectivity index (χ0) is 12.1. The first-order valence-corrected chi connectivity index (χ1v) is 4.90. The smallest absolute Gasteiger partial charge is 0.292 e. The summed E-state index contributed by atoms with van der Waals surface area (Å²) in [5.74, 6) is -0.556.